The highest BCUT2D eigenvalue weighted by Gasteiger charge is 2.16. The Morgan fingerprint density at radius 3 is 2.79 bits per heavy atom. The molecule has 3 N–H and O–H groups in total. The number of aliphatic hydroxyl groups excluding tert-OH is 1. The van der Waals surface area contributed by atoms with Crippen molar-refractivity contribution in [2.45, 2.75) is 19.5 Å². The third-order valence-corrected chi connectivity index (χ3v) is 2.64. The number of carbonyl (C=O) groups excluding carboxylic acids is 1. The second-order valence-electron chi connectivity index (χ2n) is 4.04. The summed E-state index contributed by atoms with van der Waals surface area (Å²) in [6, 6.07) is 5.05. The van der Waals surface area contributed by atoms with Crippen LogP contribution in [-0.2, 0) is 4.79 Å². The van der Waals surface area contributed by atoms with E-state index >= 15 is 0 Å². The Morgan fingerprint density at radius 2 is 2.16 bits per heavy atom. The van der Waals surface area contributed by atoms with Gasteiger partial charge in [0.2, 0.25) is 5.91 Å². The molecular formula is C12H15ClF2N2O2. The monoisotopic (exact) mass is 292 g/mol. The molecule has 1 aromatic carbocycles. The van der Waals surface area contributed by atoms with E-state index in [1.54, 1.807) is 25.1 Å². The number of rotatable bonds is 6. The number of alkyl halides is 2. The number of aryl methyl sites for hydroxylation is 1. The van der Waals surface area contributed by atoms with Gasteiger partial charge in [-0.2, -0.15) is 0 Å². The Labute approximate surface area is 114 Å². The molecule has 1 aromatic rings. The fraction of sp³-hybridized carbons (Fsp3) is 0.417. The molecule has 1 atom stereocenters. The molecule has 0 bridgehead atoms. The van der Waals surface area contributed by atoms with Crippen LogP contribution in [0, 0.1) is 6.92 Å². The largest absolute Gasteiger partial charge is 0.386 e. The molecule has 0 saturated carbocycles. The maximum absolute atomic E-state index is 12.0. The maximum Gasteiger partial charge on any atom is 0.265 e. The van der Waals surface area contributed by atoms with Crippen molar-refractivity contribution < 1.29 is 18.7 Å². The average molecular weight is 293 g/mol. The first-order chi connectivity index (χ1) is 8.90. The Kier molecular flexibility index (Phi) is 6.14. The number of hydrogen-bond donors (Lipinski definition) is 3. The first-order valence-corrected chi connectivity index (χ1v) is 6.01. The lowest BCUT2D eigenvalue weighted by Crippen LogP contribution is -2.36. The number of aliphatic hydroxyl groups is 1. The minimum atomic E-state index is -2.83. The maximum atomic E-state index is 12.0. The van der Waals surface area contributed by atoms with Crippen LogP contribution in [0.4, 0.5) is 14.5 Å². The zero-order valence-electron chi connectivity index (χ0n) is 10.3. The van der Waals surface area contributed by atoms with E-state index in [0.717, 1.165) is 5.56 Å². The number of amides is 1. The molecule has 1 amide bonds. The van der Waals surface area contributed by atoms with E-state index in [1.807, 2.05) is 0 Å². The lowest BCUT2D eigenvalue weighted by atomic mass is 10.2. The van der Waals surface area contributed by atoms with Gasteiger partial charge in [-0.05, 0) is 24.6 Å². The van der Waals surface area contributed by atoms with E-state index in [9.17, 15) is 13.6 Å². The second-order valence-corrected chi connectivity index (χ2v) is 4.48. The lowest BCUT2D eigenvalue weighted by molar-refractivity contribution is -0.115. The molecule has 4 nitrogen and oxygen atoms in total. The molecule has 0 heterocycles. The highest BCUT2D eigenvalue weighted by Crippen LogP contribution is 2.19. The Morgan fingerprint density at radius 1 is 1.47 bits per heavy atom. The number of nitrogens with one attached hydrogen (secondary N) is 2. The van der Waals surface area contributed by atoms with Gasteiger partial charge >= 0.3 is 0 Å². The number of anilines is 1. The third-order valence-electron chi connectivity index (χ3n) is 2.40. The van der Waals surface area contributed by atoms with Crippen LogP contribution in [0.5, 0.6) is 0 Å². The van der Waals surface area contributed by atoms with Crippen molar-refractivity contribution in [3.05, 3.63) is 28.8 Å². The summed E-state index contributed by atoms with van der Waals surface area (Å²) in [5.74, 6) is -0.396. The number of halogens is 3. The van der Waals surface area contributed by atoms with Crippen molar-refractivity contribution in [1.82, 2.24) is 5.32 Å². The van der Waals surface area contributed by atoms with Crippen molar-refractivity contribution in [3.8, 4) is 0 Å². The molecule has 0 radical (unpaired) electrons. The predicted molar refractivity (Wildman–Crippen MR) is 69.7 cm³/mol. The first-order valence-electron chi connectivity index (χ1n) is 5.63. The van der Waals surface area contributed by atoms with Gasteiger partial charge in [0.05, 0.1) is 6.54 Å². The summed E-state index contributed by atoms with van der Waals surface area (Å²) in [6.07, 6.45) is -4.61. The second kappa shape index (κ2) is 7.37. The molecule has 0 aromatic heterocycles. The third kappa shape index (κ3) is 5.50. The molecular weight excluding hydrogens is 278 g/mol. The summed E-state index contributed by atoms with van der Waals surface area (Å²) >= 11 is 5.80. The Hall–Kier alpha value is -1.24. The Balaban J connectivity index is 2.41. The van der Waals surface area contributed by atoms with Crippen molar-refractivity contribution in [2.24, 2.45) is 0 Å². The van der Waals surface area contributed by atoms with Crippen LogP contribution in [0.1, 0.15) is 5.56 Å². The topological polar surface area (TPSA) is 61.4 Å². The van der Waals surface area contributed by atoms with E-state index in [-0.39, 0.29) is 13.1 Å². The summed E-state index contributed by atoms with van der Waals surface area (Å²) in [5.41, 5.74) is 1.40. The molecule has 0 aliphatic heterocycles. The number of hydrogen-bond acceptors (Lipinski definition) is 3. The van der Waals surface area contributed by atoms with Gasteiger partial charge in [0, 0.05) is 17.3 Å². The fourth-order valence-corrected chi connectivity index (χ4v) is 1.52. The molecule has 106 valence electrons. The predicted octanol–water partition coefficient (Wildman–Crippen LogP) is 1.80. The normalized spacial score (nSPS) is 12.5. The van der Waals surface area contributed by atoms with Crippen LogP contribution in [0.15, 0.2) is 18.2 Å². The van der Waals surface area contributed by atoms with E-state index in [4.69, 9.17) is 16.7 Å². The van der Waals surface area contributed by atoms with Gasteiger partial charge in [-0.25, -0.2) is 8.78 Å². The minimum absolute atomic E-state index is 0.171. The SMILES string of the molecule is Cc1ccc(Cl)cc1NC(=O)CNCC(O)C(F)F. The molecule has 19 heavy (non-hydrogen) atoms. The van der Waals surface area contributed by atoms with Crippen molar-refractivity contribution in [2.75, 3.05) is 18.4 Å². The molecule has 0 aliphatic carbocycles. The smallest absolute Gasteiger partial charge is 0.265 e. The molecule has 1 unspecified atom stereocenters. The van der Waals surface area contributed by atoms with Crippen molar-refractivity contribution in [3.63, 3.8) is 0 Å². The van der Waals surface area contributed by atoms with Crippen LogP contribution in [0.3, 0.4) is 0 Å². The molecule has 1 rings (SSSR count). The van der Waals surface area contributed by atoms with Crippen LogP contribution in [0.25, 0.3) is 0 Å². The van der Waals surface area contributed by atoms with Crippen molar-refractivity contribution in [1.29, 1.82) is 0 Å². The van der Waals surface area contributed by atoms with Crippen LogP contribution in [-0.4, -0.2) is 36.6 Å². The van der Waals surface area contributed by atoms with Gasteiger partial charge in [0.1, 0.15) is 6.10 Å². The summed E-state index contributed by atoms with van der Waals surface area (Å²) in [4.78, 5) is 11.5. The van der Waals surface area contributed by atoms with Gasteiger partial charge < -0.3 is 15.7 Å². The highest BCUT2D eigenvalue weighted by molar-refractivity contribution is 6.31. The van der Waals surface area contributed by atoms with Crippen LogP contribution in [0.2, 0.25) is 5.02 Å². The van der Waals surface area contributed by atoms with E-state index < -0.39 is 18.4 Å². The number of benzene rings is 1. The van der Waals surface area contributed by atoms with Gasteiger partial charge in [0.15, 0.2) is 0 Å². The molecule has 0 saturated heterocycles. The summed E-state index contributed by atoms with van der Waals surface area (Å²) in [5, 5.41) is 14.4. The van der Waals surface area contributed by atoms with Gasteiger partial charge in [-0.1, -0.05) is 17.7 Å². The Bertz CT molecular complexity index is 444. The van der Waals surface area contributed by atoms with Crippen molar-refractivity contribution >= 4 is 23.2 Å². The number of carbonyl (C=O) groups is 1. The molecule has 0 aliphatic rings. The highest BCUT2D eigenvalue weighted by atomic mass is 35.5. The lowest BCUT2D eigenvalue weighted by Gasteiger charge is -2.12. The molecule has 0 fully saturated rings. The average Bonchev–Trinajstić information content (AvgIpc) is 2.33. The fourth-order valence-electron chi connectivity index (χ4n) is 1.35. The summed E-state index contributed by atoms with van der Waals surface area (Å²) < 4.78 is 24.0. The summed E-state index contributed by atoms with van der Waals surface area (Å²) in [7, 11) is 0. The molecule has 7 heteroatoms. The van der Waals surface area contributed by atoms with E-state index in [2.05, 4.69) is 10.6 Å². The van der Waals surface area contributed by atoms with Crippen LogP contribution >= 0.6 is 11.6 Å². The standard InChI is InChI=1S/C12H15ClF2N2O2/c1-7-2-3-8(13)4-9(7)17-11(19)6-16-5-10(18)12(14)15/h2-4,10,12,16,18H,5-6H2,1H3,(H,17,19). The zero-order valence-corrected chi connectivity index (χ0v) is 11.0. The van der Waals surface area contributed by atoms with Gasteiger partial charge in [-0.15, -0.1) is 0 Å². The minimum Gasteiger partial charge on any atom is -0.386 e. The van der Waals surface area contributed by atoms with Crippen LogP contribution < -0.4 is 10.6 Å². The van der Waals surface area contributed by atoms with Gasteiger partial charge in [0.25, 0.3) is 6.43 Å². The van der Waals surface area contributed by atoms with Gasteiger partial charge in [-0.3, -0.25) is 4.79 Å². The summed E-state index contributed by atoms with van der Waals surface area (Å²) in [6.45, 7) is 1.29. The van der Waals surface area contributed by atoms with E-state index in [1.165, 1.54) is 0 Å². The quantitative estimate of drug-likeness (QED) is 0.749. The molecule has 0 spiro atoms. The first kappa shape index (κ1) is 15.8. The zero-order chi connectivity index (χ0) is 14.4. The van der Waals surface area contributed by atoms with E-state index in [0.29, 0.717) is 10.7 Å².